The second-order valence-corrected chi connectivity index (χ2v) is 10.1. The van der Waals surface area contributed by atoms with Crippen LogP contribution in [0.15, 0.2) is 36.5 Å². The van der Waals surface area contributed by atoms with E-state index in [0.29, 0.717) is 16.7 Å². The highest BCUT2D eigenvalue weighted by Crippen LogP contribution is 2.28. The van der Waals surface area contributed by atoms with Gasteiger partial charge in [0.25, 0.3) is 5.91 Å². The monoisotopic (exact) mass is 466 g/mol. The summed E-state index contributed by atoms with van der Waals surface area (Å²) in [4.78, 5) is 17.0. The first-order chi connectivity index (χ1) is 15.0. The Morgan fingerprint density at radius 3 is 2.66 bits per heavy atom. The van der Waals surface area contributed by atoms with E-state index in [4.69, 9.17) is 0 Å². The molecule has 2 aromatic heterocycles. The molecule has 2 N–H and O–H groups in total. The van der Waals surface area contributed by atoms with Crippen LogP contribution in [0, 0.1) is 0 Å². The van der Waals surface area contributed by atoms with Crippen LogP contribution >= 0.6 is 0 Å². The number of carbonyl (C=O) groups excluding carboxylic acids is 1. The first kappa shape index (κ1) is 22.1. The van der Waals surface area contributed by atoms with Crippen molar-refractivity contribution in [2.24, 2.45) is 0 Å². The number of nitrogens with one attached hydrogen (secondary N) is 1. The zero-order valence-corrected chi connectivity index (χ0v) is 17.9. The van der Waals surface area contributed by atoms with Crippen LogP contribution in [-0.2, 0) is 9.84 Å². The first-order valence-corrected chi connectivity index (χ1v) is 11.4. The lowest BCUT2D eigenvalue weighted by molar-refractivity contribution is -0.0498. The largest absolute Gasteiger partial charge is 0.435 e. The number of aliphatic hydroxyl groups is 1. The third-order valence-corrected chi connectivity index (χ3v) is 7.14. The number of nitrogens with zero attached hydrogens (tertiary/aromatic N) is 3. The van der Waals surface area contributed by atoms with Gasteiger partial charge in [0.05, 0.1) is 34.4 Å². The molecule has 1 atom stereocenters. The minimum absolute atomic E-state index is 0.0700. The molecular formula is C20H20F2N4O5S. The Kier molecular flexibility index (Phi) is 5.37. The van der Waals surface area contributed by atoms with Gasteiger partial charge in [-0.05, 0) is 32.0 Å². The number of aromatic nitrogens is 3. The van der Waals surface area contributed by atoms with Gasteiger partial charge in [0, 0.05) is 17.6 Å². The van der Waals surface area contributed by atoms with Gasteiger partial charge in [-0.2, -0.15) is 13.9 Å². The number of alkyl halides is 2. The predicted molar refractivity (Wildman–Crippen MR) is 111 cm³/mol. The lowest BCUT2D eigenvalue weighted by Gasteiger charge is -2.38. The van der Waals surface area contributed by atoms with Crippen molar-refractivity contribution in [3.05, 3.63) is 47.8 Å². The Balaban J connectivity index is 1.71. The molecule has 1 aliphatic rings. The third-order valence-electron chi connectivity index (χ3n) is 4.99. The molecule has 9 nitrogen and oxygen atoms in total. The topological polar surface area (TPSA) is 123 Å². The van der Waals surface area contributed by atoms with Crippen LogP contribution in [-0.4, -0.2) is 57.9 Å². The van der Waals surface area contributed by atoms with Crippen molar-refractivity contribution in [1.82, 2.24) is 20.1 Å². The Hall–Kier alpha value is -3.12. The number of ether oxygens (including phenoxy) is 1. The molecule has 1 aromatic carbocycles. The van der Waals surface area contributed by atoms with E-state index in [2.05, 4.69) is 20.1 Å². The van der Waals surface area contributed by atoms with E-state index in [-0.39, 0.29) is 28.5 Å². The van der Waals surface area contributed by atoms with Crippen LogP contribution < -0.4 is 10.1 Å². The molecule has 170 valence electrons. The highest BCUT2D eigenvalue weighted by molar-refractivity contribution is 7.93. The molecule has 3 heterocycles. The fourth-order valence-electron chi connectivity index (χ4n) is 3.77. The van der Waals surface area contributed by atoms with Gasteiger partial charge in [-0.15, -0.1) is 0 Å². The van der Waals surface area contributed by atoms with Gasteiger partial charge in [0.15, 0.2) is 15.5 Å². The molecule has 32 heavy (non-hydrogen) atoms. The van der Waals surface area contributed by atoms with Gasteiger partial charge in [-0.25, -0.2) is 18.1 Å². The number of benzene rings is 1. The molecule has 1 aliphatic heterocycles. The lowest BCUT2D eigenvalue weighted by atomic mass is 10.1. The molecular weight excluding hydrogens is 446 g/mol. The summed E-state index contributed by atoms with van der Waals surface area (Å²) in [5.41, 5.74) is 0.216. The number of hydrogen-bond donors (Lipinski definition) is 2. The number of aliphatic hydroxyl groups excluding tert-OH is 1. The van der Waals surface area contributed by atoms with Crippen molar-refractivity contribution < 1.29 is 31.8 Å². The summed E-state index contributed by atoms with van der Waals surface area (Å²) in [7, 11) is -3.14. The van der Waals surface area contributed by atoms with Crippen LogP contribution in [0.5, 0.6) is 5.75 Å². The quantitative estimate of drug-likeness (QED) is 0.569. The predicted octanol–water partition coefficient (Wildman–Crippen LogP) is 1.99. The molecule has 1 saturated heterocycles. The van der Waals surface area contributed by atoms with Crippen LogP contribution in [0.4, 0.5) is 8.78 Å². The van der Waals surface area contributed by atoms with Gasteiger partial charge in [-0.1, -0.05) is 6.07 Å². The van der Waals surface area contributed by atoms with Gasteiger partial charge in [-0.3, -0.25) is 4.79 Å². The van der Waals surface area contributed by atoms with Gasteiger partial charge in [0.1, 0.15) is 11.4 Å². The number of hydrogen-bond acceptors (Lipinski definition) is 7. The summed E-state index contributed by atoms with van der Waals surface area (Å²) < 4.78 is 53.9. The molecule has 4 rings (SSSR count). The summed E-state index contributed by atoms with van der Waals surface area (Å²) in [6.07, 6.45) is 0.297. The summed E-state index contributed by atoms with van der Waals surface area (Å²) in [6, 6.07) is 7.34. The zero-order valence-electron chi connectivity index (χ0n) is 17.1. The molecule has 0 saturated carbocycles. The number of halogens is 2. The normalized spacial score (nSPS) is 17.7. The second-order valence-electron chi connectivity index (χ2n) is 7.99. The SMILES string of the molecule is C[C@H](O)c1nn(-c2cccc(OC(F)F)c2)c2ncc(C(=O)NC3(C)CS(=O)(=O)C3)cc12. The van der Waals surface area contributed by atoms with Crippen LogP contribution in [0.2, 0.25) is 0 Å². The molecule has 0 unspecified atom stereocenters. The molecule has 12 heteroatoms. The van der Waals surface area contributed by atoms with E-state index in [1.165, 1.54) is 42.1 Å². The van der Waals surface area contributed by atoms with E-state index in [1.54, 1.807) is 13.0 Å². The Labute approximate surface area is 181 Å². The fourth-order valence-corrected chi connectivity index (χ4v) is 5.78. The maximum Gasteiger partial charge on any atom is 0.387 e. The molecule has 0 spiro atoms. The number of fused-ring (bicyclic) bond motifs is 1. The molecule has 0 aliphatic carbocycles. The van der Waals surface area contributed by atoms with Crippen molar-refractivity contribution >= 4 is 26.8 Å². The van der Waals surface area contributed by atoms with Crippen LogP contribution in [0.25, 0.3) is 16.7 Å². The molecule has 0 bridgehead atoms. The van der Waals surface area contributed by atoms with Gasteiger partial charge in [0.2, 0.25) is 0 Å². The summed E-state index contributed by atoms with van der Waals surface area (Å²) in [5.74, 6) is -0.863. The highest BCUT2D eigenvalue weighted by atomic mass is 32.2. The minimum Gasteiger partial charge on any atom is -0.435 e. The Bertz CT molecular complexity index is 1290. The average Bonchev–Trinajstić information content (AvgIpc) is 3.05. The first-order valence-electron chi connectivity index (χ1n) is 9.61. The summed E-state index contributed by atoms with van der Waals surface area (Å²) in [5, 5.41) is 17.6. The number of amides is 1. The van der Waals surface area contributed by atoms with E-state index in [1.807, 2.05) is 0 Å². The zero-order chi connectivity index (χ0) is 23.3. The summed E-state index contributed by atoms with van der Waals surface area (Å²) in [6.45, 7) is 0.153. The Morgan fingerprint density at radius 1 is 1.31 bits per heavy atom. The summed E-state index contributed by atoms with van der Waals surface area (Å²) >= 11 is 0. The van der Waals surface area contributed by atoms with E-state index < -0.39 is 34.0 Å². The van der Waals surface area contributed by atoms with E-state index >= 15 is 0 Å². The number of carbonyl (C=O) groups is 1. The van der Waals surface area contributed by atoms with E-state index in [9.17, 15) is 27.1 Å². The van der Waals surface area contributed by atoms with Crippen molar-refractivity contribution in [3.8, 4) is 11.4 Å². The van der Waals surface area contributed by atoms with Crippen molar-refractivity contribution in [2.75, 3.05) is 11.5 Å². The fraction of sp³-hybridized carbons (Fsp3) is 0.350. The average molecular weight is 466 g/mol. The molecule has 1 amide bonds. The van der Waals surface area contributed by atoms with Crippen molar-refractivity contribution in [1.29, 1.82) is 0 Å². The maximum absolute atomic E-state index is 12.7. The van der Waals surface area contributed by atoms with Gasteiger partial charge < -0.3 is 15.2 Å². The smallest absolute Gasteiger partial charge is 0.387 e. The van der Waals surface area contributed by atoms with Crippen LogP contribution in [0.1, 0.15) is 36.0 Å². The molecule has 0 radical (unpaired) electrons. The van der Waals surface area contributed by atoms with Crippen molar-refractivity contribution in [2.45, 2.75) is 32.1 Å². The standard InChI is InChI=1S/C20H20F2N4O5S/c1-11(27)16-15-6-12(18(28)24-20(2)9-32(29,30)10-20)8-23-17(15)26(25-16)13-4-3-5-14(7-13)31-19(21)22/h3-8,11,19,27H,9-10H2,1-2H3,(H,24,28)/t11-/m0/s1. The Morgan fingerprint density at radius 2 is 2.03 bits per heavy atom. The van der Waals surface area contributed by atoms with Crippen LogP contribution in [0.3, 0.4) is 0 Å². The molecule has 3 aromatic rings. The highest BCUT2D eigenvalue weighted by Gasteiger charge is 2.45. The third kappa shape index (κ3) is 4.28. The van der Waals surface area contributed by atoms with Crippen molar-refractivity contribution in [3.63, 3.8) is 0 Å². The van der Waals surface area contributed by atoms with Gasteiger partial charge >= 0.3 is 6.61 Å². The number of pyridine rings is 1. The molecule has 1 fully saturated rings. The minimum atomic E-state index is -3.14. The van der Waals surface area contributed by atoms with E-state index in [0.717, 1.165) is 0 Å². The number of rotatable bonds is 6. The number of sulfone groups is 1. The second kappa shape index (κ2) is 7.78. The maximum atomic E-state index is 12.7. The lowest BCUT2D eigenvalue weighted by Crippen LogP contribution is -2.63.